The van der Waals surface area contributed by atoms with Crippen LogP contribution in [0.2, 0.25) is 5.02 Å². The molecule has 2 rings (SSSR count). The summed E-state index contributed by atoms with van der Waals surface area (Å²) in [6, 6.07) is 7.84. The van der Waals surface area contributed by atoms with Gasteiger partial charge in [0.25, 0.3) is 0 Å². The van der Waals surface area contributed by atoms with Gasteiger partial charge in [0.05, 0.1) is 6.04 Å². The van der Waals surface area contributed by atoms with Crippen LogP contribution in [0.15, 0.2) is 24.3 Å². The van der Waals surface area contributed by atoms with E-state index in [9.17, 15) is 4.79 Å². The molecule has 0 heterocycles. The molecule has 1 saturated carbocycles. The molecule has 2 nitrogen and oxygen atoms in total. The number of benzene rings is 1. The molecule has 1 aromatic carbocycles. The summed E-state index contributed by atoms with van der Waals surface area (Å²) in [5, 5.41) is 0.732. The summed E-state index contributed by atoms with van der Waals surface area (Å²) in [7, 11) is 1.90. The van der Waals surface area contributed by atoms with Crippen LogP contribution >= 0.6 is 11.6 Å². The Kier molecular flexibility index (Phi) is 4.28. The maximum atomic E-state index is 12.3. The first-order valence-electron chi connectivity index (χ1n) is 6.61. The van der Waals surface area contributed by atoms with E-state index in [0.717, 1.165) is 23.4 Å². The van der Waals surface area contributed by atoms with Gasteiger partial charge in [-0.25, -0.2) is 0 Å². The van der Waals surface area contributed by atoms with Gasteiger partial charge in [-0.05, 0) is 37.5 Å². The molecular weight excluding hydrogens is 246 g/mol. The zero-order chi connectivity index (χ0) is 13.1. The maximum Gasteiger partial charge on any atom is 0.225 e. The van der Waals surface area contributed by atoms with Crippen LogP contribution in [0.3, 0.4) is 0 Å². The molecule has 0 aromatic heterocycles. The summed E-state index contributed by atoms with van der Waals surface area (Å²) in [5.74, 6) is 0.528. The zero-order valence-electron chi connectivity index (χ0n) is 11.0. The van der Waals surface area contributed by atoms with E-state index in [0.29, 0.717) is 0 Å². The van der Waals surface area contributed by atoms with E-state index in [4.69, 9.17) is 11.6 Å². The van der Waals surface area contributed by atoms with E-state index in [1.807, 2.05) is 36.2 Å². The zero-order valence-corrected chi connectivity index (χ0v) is 11.8. The lowest BCUT2D eigenvalue weighted by molar-refractivity contribution is -0.135. The second-order valence-corrected chi connectivity index (χ2v) is 5.59. The topological polar surface area (TPSA) is 20.3 Å². The summed E-state index contributed by atoms with van der Waals surface area (Å²) < 4.78 is 0. The van der Waals surface area contributed by atoms with Crippen molar-refractivity contribution < 1.29 is 4.79 Å². The van der Waals surface area contributed by atoms with Crippen LogP contribution in [0.25, 0.3) is 0 Å². The average molecular weight is 266 g/mol. The van der Waals surface area contributed by atoms with Crippen molar-refractivity contribution in [2.45, 2.75) is 38.6 Å². The summed E-state index contributed by atoms with van der Waals surface area (Å²) in [5.41, 5.74) is 1.13. The molecule has 1 aliphatic carbocycles. The van der Waals surface area contributed by atoms with Crippen molar-refractivity contribution in [2.75, 3.05) is 7.05 Å². The molecule has 1 atom stereocenters. The lowest BCUT2D eigenvalue weighted by atomic mass is 10.0. The van der Waals surface area contributed by atoms with Gasteiger partial charge in [-0.15, -0.1) is 0 Å². The van der Waals surface area contributed by atoms with Crippen molar-refractivity contribution in [1.82, 2.24) is 4.90 Å². The highest BCUT2D eigenvalue weighted by Crippen LogP contribution is 2.29. The van der Waals surface area contributed by atoms with Crippen LogP contribution < -0.4 is 0 Å². The molecule has 1 aromatic rings. The third kappa shape index (κ3) is 2.86. The number of halogens is 1. The SMILES string of the molecule is CC(c1ccc(Cl)cc1)N(C)C(=O)C1CCCC1. The second-order valence-electron chi connectivity index (χ2n) is 5.16. The predicted molar refractivity (Wildman–Crippen MR) is 74.6 cm³/mol. The number of hydrogen-bond donors (Lipinski definition) is 0. The molecule has 0 bridgehead atoms. The first kappa shape index (κ1) is 13.4. The normalized spacial score (nSPS) is 17.7. The second kappa shape index (κ2) is 5.75. The van der Waals surface area contributed by atoms with Crippen molar-refractivity contribution in [3.8, 4) is 0 Å². The lowest BCUT2D eigenvalue weighted by Crippen LogP contribution is -2.34. The number of hydrogen-bond acceptors (Lipinski definition) is 1. The molecular formula is C15H20ClNO. The first-order chi connectivity index (χ1) is 8.59. The number of carbonyl (C=O) groups excluding carboxylic acids is 1. The third-order valence-electron chi connectivity index (χ3n) is 3.99. The largest absolute Gasteiger partial charge is 0.339 e. The van der Waals surface area contributed by atoms with Crippen molar-refractivity contribution in [3.63, 3.8) is 0 Å². The van der Waals surface area contributed by atoms with Crippen molar-refractivity contribution in [2.24, 2.45) is 5.92 Å². The first-order valence-corrected chi connectivity index (χ1v) is 6.99. The van der Waals surface area contributed by atoms with Gasteiger partial charge in [-0.1, -0.05) is 36.6 Å². The Morgan fingerprint density at radius 2 is 1.83 bits per heavy atom. The Morgan fingerprint density at radius 3 is 2.39 bits per heavy atom. The van der Waals surface area contributed by atoms with Crippen LogP contribution in [-0.2, 0) is 4.79 Å². The summed E-state index contributed by atoms with van der Waals surface area (Å²) in [6.07, 6.45) is 4.49. The lowest BCUT2D eigenvalue weighted by Gasteiger charge is -2.28. The molecule has 98 valence electrons. The standard InChI is InChI=1S/C15H20ClNO/c1-11(12-7-9-14(16)10-8-12)17(2)15(18)13-5-3-4-6-13/h7-11,13H,3-6H2,1-2H3. The number of rotatable bonds is 3. The van der Waals surface area contributed by atoms with Crippen LogP contribution in [0.4, 0.5) is 0 Å². The molecule has 1 aliphatic rings. The Hall–Kier alpha value is -1.02. The molecule has 1 unspecified atom stereocenters. The van der Waals surface area contributed by atoms with Crippen molar-refractivity contribution >= 4 is 17.5 Å². The number of carbonyl (C=O) groups is 1. The Bertz CT molecular complexity index is 409. The molecule has 1 fully saturated rings. The van der Waals surface area contributed by atoms with Crippen LogP contribution in [0.5, 0.6) is 0 Å². The summed E-state index contributed by atoms with van der Waals surface area (Å²) in [4.78, 5) is 14.2. The van der Waals surface area contributed by atoms with Gasteiger partial charge in [0.1, 0.15) is 0 Å². The van der Waals surface area contributed by atoms with E-state index < -0.39 is 0 Å². The Morgan fingerprint density at radius 1 is 1.28 bits per heavy atom. The van der Waals surface area contributed by atoms with E-state index >= 15 is 0 Å². The highest BCUT2D eigenvalue weighted by atomic mass is 35.5. The summed E-state index contributed by atoms with van der Waals surface area (Å²) >= 11 is 5.88. The van der Waals surface area contributed by atoms with Crippen molar-refractivity contribution in [1.29, 1.82) is 0 Å². The van der Waals surface area contributed by atoms with E-state index in [-0.39, 0.29) is 17.9 Å². The molecule has 0 radical (unpaired) electrons. The van der Waals surface area contributed by atoms with Crippen LogP contribution in [0.1, 0.15) is 44.2 Å². The minimum Gasteiger partial charge on any atom is -0.339 e. The molecule has 0 aliphatic heterocycles. The minimum absolute atomic E-state index is 0.107. The number of amides is 1. The van der Waals surface area contributed by atoms with Gasteiger partial charge in [0.2, 0.25) is 5.91 Å². The highest BCUT2D eigenvalue weighted by Gasteiger charge is 2.27. The molecule has 0 spiro atoms. The fraction of sp³-hybridized carbons (Fsp3) is 0.533. The Balaban J connectivity index is 2.05. The molecule has 0 saturated heterocycles. The van der Waals surface area contributed by atoms with Gasteiger partial charge in [-0.2, -0.15) is 0 Å². The van der Waals surface area contributed by atoms with E-state index in [1.165, 1.54) is 12.8 Å². The quantitative estimate of drug-likeness (QED) is 0.807. The van der Waals surface area contributed by atoms with Crippen LogP contribution in [-0.4, -0.2) is 17.9 Å². The molecule has 3 heteroatoms. The fourth-order valence-electron chi connectivity index (χ4n) is 2.62. The number of nitrogens with zero attached hydrogens (tertiary/aromatic N) is 1. The van der Waals surface area contributed by atoms with Gasteiger partial charge in [0, 0.05) is 18.0 Å². The Labute approximate surface area is 114 Å². The average Bonchev–Trinajstić information content (AvgIpc) is 2.91. The molecule has 1 amide bonds. The van der Waals surface area contributed by atoms with Crippen LogP contribution in [0, 0.1) is 5.92 Å². The van der Waals surface area contributed by atoms with Gasteiger partial charge in [-0.3, -0.25) is 4.79 Å². The highest BCUT2D eigenvalue weighted by molar-refractivity contribution is 6.30. The van der Waals surface area contributed by atoms with Crippen molar-refractivity contribution in [3.05, 3.63) is 34.9 Å². The third-order valence-corrected chi connectivity index (χ3v) is 4.24. The molecule has 0 N–H and O–H groups in total. The molecule has 18 heavy (non-hydrogen) atoms. The van der Waals surface area contributed by atoms with E-state index in [1.54, 1.807) is 0 Å². The van der Waals surface area contributed by atoms with Gasteiger partial charge >= 0.3 is 0 Å². The van der Waals surface area contributed by atoms with Gasteiger partial charge in [0.15, 0.2) is 0 Å². The fourth-order valence-corrected chi connectivity index (χ4v) is 2.74. The monoisotopic (exact) mass is 265 g/mol. The van der Waals surface area contributed by atoms with E-state index in [2.05, 4.69) is 6.92 Å². The predicted octanol–water partition coefficient (Wildman–Crippen LogP) is 4.05. The maximum absolute atomic E-state index is 12.3. The van der Waals surface area contributed by atoms with Gasteiger partial charge < -0.3 is 4.90 Å². The minimum atomic E-state index is 0.107. The summed E-state index contributed by atoms with van der Waals surface area (Å²) in [6.45, 7) is 2.07. The smallest absolute Gasteiger partial charge is 0.225 e.